The van der Waals surface area contributed by atoms with E-state index in [1.54, 1.807) is 47.5 Å². The first-order valence-electron chi connectivity index (χ1n) is 7.29. The molecule has 3 aromatic heterocycles. The van der Waals surface area contributed by atoms with Gasteiger partial charge in [0.2, 0.25) is 5.91 Å². The highest BCUT2D eigenvalue weighted by atomic mass is 16.3. The van der Waals surface area contributed by atoms with Gasteiger partial charge >= 0.3 is 0 Å². The molecule has 0 aliphatic rings. The number of amides is 2. The van der Waals surface area contributed by atoms with Crippen LogP contribution in [-0.4, -0.2) is 33.1 Å². The van der Waals surface area contributed by atoms with Crippen LogP contribution < -0.4 is 10.6 Å². The van der Waals surface area contributed by atoms with Gasteiger partial charge in [-0.1, -0.05) is 0 Å². The SMILES string of the molecule is O=C(CCNC(=O)c1ccoc1)Nc1cccnc1-n1cccn1. The fourth-order valence-electron chi connectivity index (χ4n) is 2.07. The molecule has 8 heteroatoms. The molecule has 0 saturated carbocycles. The standard InChI is InChI=1S/C16H15N5O3/c22-14(4-8-18-16(23)12-5-10-24-11-12)20-13-3-1-6-17-15(13)21-9-2-7-19-21/h1-3,5-7,9-11H,4,8H2,(H,18,23)(H,20,22). The highest BCUT2D eigenvalue weighted by molar-refractivity contribution is 5.95. The number of hydrogen-bond acceptors (Lipinski definition) is 5. The predicted molar refractivity (Wildman–Crippen MR) is 85.6 cm³/mol. The van der Waals surface area contributed by atoms with Gasteiger partial charge in [0, 0.05) is 31.6 Å². The number of aromatic nitrogens is 3. The van der Waals surface area contributed by atoms with Crippen molar-refractivity contribution >= 4 is 17.5 Å². The van der Waals surface area contributed by atoms with Crippen LogP contribution in [0.5, 0.6) is 0 Å². The molecule has 3 heterocycles. The smallest absolute Gasteiger partial charge is 0.254 e. The normalized spacial score (nSPS) is 10.3. The van der Waals surface area contributed by atoms with Crippen LogP contribution in [0, 0.1) is 0 Å². The largest absolute Gasteiger partial charge is 0.472 e. The van der Waals surface area contributed by atoms with E-state index in [-0.39, 0.29) is 24.8 Å². The van der Waals surface area contributed by atoms with Crippen molar-refractivity contribution in [2.24, 2.45) is 0 Å². The fourth-order valence-corrected chi connectivity index (χ4v) is 2.07. The minimum atomic E-state index is -0.282. The van der Waals surface area contributed by atoms with Crippen LogP contribution in [0.15, 0.2) is 59.8 Å². The number of anilines is 1. The average Bonchev–Trinajstić information content (AvgIpc) is 3.29. The maximum atomic E-state index is 12.1. The fraction of sp³-hybridized carbons (Fsp3) is 0.125. The second-order valence-corrected chi connectivity index (χ2v) is 4.89. The van der Waals surface area contributed by atoms with E-state index < -0.39 is 0 Å². The second-order valence-electron chi connectivity index (χ2n) is 4.89. The Morgan fingerprint density at radius 3 is 2.88 bits per heavy atom. The molecule has 24 heavy (non-hydrogen) atoms. The number of hydrogen-bond donors (Lipinski definition) is 2. The molecule has 0 radical (unpaired) electrons. The number of rotatable bonds is 6. The molecule has 0 spiro atoms. The van der Waals surface area contributed by atoms with E-state index in [0.29, 0.717) is 17.1 Å². The van der Waals surface area contributed by atoms with Crippen molar-refractivity contribution in [2.75, 3.05) is 11.9 Å². The van der Waals surface area contributed by atoms with Crippen molar-refractivity contribution in [3.8, 4) is 5.82 Å². The van der Waals surface area contributed by atoms with E-state index in [2.05, 4.69) is 20.7 Å². The summed E-state index contributed by atoms with van der Waals surface area (Å²) < 4.78 is 6.40. The molecular formula is C16H15N5O3. The maximum Gasteiger partial charge on any atom is 0.254 e. The first-order valence-corrected chi connectivity index (χ1v) is 7.29. The Bertz CT molecular complexity index is 812. The summed E-state index contributed by atoms with van der Waals surface area (Å²) in [7, 11) is 0. The van der Waals surface area contributed by atoms with Crippen molar-refractivity contribution < 1.29 is 14.0 Å². The van der Waals surface area contributed by atoms with Gasteiger partial charge in [-0.3, -0.25) is 9.59 Å². The topological polar surface area (TPSA) is 102 Å². The second kappa shape index (κ2) is 7.23. The number of carbonyl (C=O) groups excluding carboxylic acids is 2. The van der Waals surface area contributed by atoms with E-state index in [1.165, 1.54) is 12.5 Å². The molecule has 8 nitrogen and oxygen atoms in total. The lowest BCUT2D eigenvalue weighted by Crippen LogP contribution is -2.27. The third-order valence-electron chi connectivity index (χ3n) is 3.20. The average molecular weight is 325 g/mol. The number of nitrogens with one attached hydrogen (secondary N) is 2. The van der Waals surface area contributed by atoms with Crippen LogP contribution in [0.2, 0.25) is 0 Å². The van der Waals surface area contributed by atoms with Crippen LogP contribution in [0.4, 0.5) is 5.69 Å². The lowest BCUT2D eigenvalue weighted by Gasteiger charge is -2.10. The van der Waals surface area contributed by atoms with Gasteiger partial charge in [0.15, 0.2) is 5.82 Å². The zero-order valence-electron chi connectivity index (χ0n) is 12.7. The van der Waals surface area contributed by atoms with Crippen molar-refractivity contribution in [3.63, 3.8) is 0 Å². The number of pyridine rings is 1. The van der Waals surface area contributed by atoms with Gasteiger partial charge in [0.05, 0.1) is 17.5 Å². The van der Waals surface area contributed by atoms with Gasteiger partial charge in [0.25, 0.3) is 5.91 Å². The van der Waals surface area contributed by atoms with E-state index in [9.17, 15) is 9.59 Å². The number of furan rings is 1. The third kappa shape index (κ3) is 3.67. The van der Waals surface area contributed by atoms with Crippen molar-refractivity contribution in [2.45, 2.75) is 6.42 Å². The molecule has 3 rings (SSSR count). The molecule has 0 aromatic carbocycles. The first kappa shape index (κ1) is 15.5. The van der Waals surface area contributed by atoms with Crippen LogP contribution in [0.1, 0.15) is 16.8 Å². The Hall–Kier alpha value is -3.42. The summed E-state index contributed by atoms with van der Waals surface area (Å²) >= 11 is 0. The first-order chi connectivity index (χ1) is 11.7. The van der Waals surface area contributed by atoms with Crippen LogP contribution in [0.3, 0.4) is 0 Å². The highest BCUT2D eigenvalue weighted by Crippen LogP contribution is 2.16. The van der Waals surface area contributed by atoms with Crippen molar-refractivity contribution in [1.82, 2.24) is 20.1 Å². The Morgan fingerprint density at radius 1 is 1.21 bits per heavy atom. The molecular weight excluding hydrogens is 310 g/mol. The zero-order valence-corrected chi connectivity index (χ0v) is 12.7. The van der Waals surface area contributed by atoms with Gasteiger partial charge < -0.3 is 15.1 Å². The molecule has 0 atom stereocenters. The minimum Gasteiger partial charge on any atom is -0.472 e. The molecule has 2 N–H and O–H groups in total. The van der Waals surface area contributed by atoms with Gasteiger partial charge in [-0.25, -0.2) is 9.67 Å². The maximum absolute atomic E-state index is 12.1. The van der Waals surface area contributed by atoms with E-state index in [0.717, 1.165) is 0 Å². The van der Waals surface area contributed by atoms with Crippen LogP contribution >= 0.6 is 0 Å². The zero-order chi connectivity index (χ0) is 16.8. The molecule has 122 valence electrons. The molecule has 0 aliphatic carbocycles. The Balaban J connectivity index is 1.55. The van der Waals surface area contributed by atoms with Crippen molar-refractivity contribution in [3.05, 3.63) is 60.9 Å². The monoisotopic (exact) mass is 325 g/mol. The summed E-state index contributed by atoms with van der Waals surface area (Å²) in [5.41, 5.74) is 0.969. The lowest BCUT2D eigenvalue weighted by atomic mass is 10.3. The molecule has 0 aliphatic heterocycles. The third-order valence-corrected chi connectivity index (χ3v) is 3.20. The Morgan fingerprint density at radius 2 is 2.12 bits per heavy atom. The molecule has 0 unspecified atom stereocenters. The number of carbonyl (C=O) groups is 2. The lowest BCUT2D eigenvalue weighted by molar-refractivity contribution is -0.116. The summed E-state index contributed by atoms with van der Waals surface area (Å²) in [4.78, 5) is 28.0. The molecule has 2 amide bonds. The highest BCUT2D eigenvalue weighted by Gasteiger charge is 2.11. The molecule has 0 fully saturated rings. The number of nitrogens with zero attached hydrogens (tertiary/aromatic N) is 3. The van der Waals surface area contributed by atoms with Gasteiger partial charge in [-0.05, 0) is 24.3 Å². The predicted octanol–water partition coefficient (Wildman–Crippen LogP) is 1.62. The Labute approximate surface area is 137 Å². The van der Waals surface area contributed by atoms with E-state index >= 15 is 0 Å². The quantitative estimate of drug-likeness (QED) is 0.717. The van der Waals surface area contributed by atoms with Crippen molar-refractivity contribution in [1.29, 1.82) is 0 Å². The van der Waals surface area contributed by atoms with Crippen LogP contribution in [0.25, 0.3) is 5.82 Å². The van der Waals surface area contributed by atoms with E-state index in [1.807, 2.05) is 0 Å². The summed E-state index contributed by atoms with van der Waals surface area (Å²) in [5.74, 6) is 0.0114. The summed E-state index contributed by atoms with van der Waals surface area (Å²) in [6.45, 7) is 0.215. The Kier molecular flexibility index (Phi) is 4.66. The van der Waals surface area contributed by atoms with Gasteiger partial charge in [-0.2, -0.15) is 5.10 Å². The molecule has 0 bridgehead atoms. The van der Waals surface area contributed by atoms with Crippen LogP contribution in [-0.2, 0) is 4.79 Å². The molecule has 3 aromatic rings. The van der Waals surface area contributed by atoms with E-state index in [4.69, 9.17) is 4.42 Å². The van der Waals surface area contributed by atoms with Gasteiger partial charge in [0.1, 0.15) is 6.26 Å². The van der Waals surface area contributed by atoms with Gasteiger partial charge in [-0.15, -0.1) is 0 Å². The summed E-state index contributed by atoms with van der Waals surface area (Å²) in [6, 6.07) is 6.79. The summed E-state index contributed by atoms with van der Waals surface area (Å²) in [5, 5.41) is 9.53. The summed E-state index contributed by atoms with van der Waals surface area (Å²) in [6.07, 6.45) is 7.89. The minimum absolute atomic E-state index is 0.136. The molecule has 0 saturated heterocycles.